The molecule has 0 radical (unpaired) electrons. The Morgan fingerprint density at radius 3 is 2.79 bits per heavy atom. The molecule has 1 aliphatic heterocycles. The molecule has 1 aromatic rings. The molecule has 134 valence electrons. The molecule has 1 aliphatic rings. The number of nitrogens with one attached hydrogen (secondary N) is 2. The molecular weight excluding hydrogens is 332 g/mol. The number of benzene rings is 1. The molecule has 0 unspecified atom stereocenters. The van der Waals surface area contributed by atoms with Gasteiger partial charge in [-0.15, -0.1) is 0 Å². The van der Waals surface area contributed by atoms with E-state index in [1.54, 1.807) is 0 Å². The van der Waals surface area contributed by atoms with E-state index in [9.17, 15) is 18.5 Å². The van der Waals surface area contributed by atoms with Gasteiger partial charge < -0.3 is 10.2 Å². The Morgan fingerprint density at radius 1 is 1.42 bits per heavy atom. The molecule has 0 aromatic heterocycles. The highest BCUT2D eigenvalue weighted by Gasteiger charge is 2.21. The van der Waals surface area contributed by atoms with Crippen LogP contribution in [-0.4, -0.2) is 51.5 Å². The summed E-state index contributed by atoms with van der Waals surface area (Å²) in [6.45, 7) is 5.70. The fraction of sp³-hybridized carbons (Fsp3) is 0.600. The van der Waals surface area contributed by atoms with Gasteiger partial charge in [-0.05, 0) is 44.5 Å². The number of hydrogen-bond donors (Lipinski definition) is 2. The Morgan fingerprint density at radius 2 is 2.17 bits per heavy atom. The lowest BCUT2D eigenvalue weighted by Crippen LogP contribution is -2.37. The van der Waals surface area contributed by atoms with Crippen LogP contribution < -0.4 is 10.0 Å². The molecule has 0 bridgehead atoms. The van der Waals surface area contributed by atoms with E-state index in [2.05, 4.69) is 21.9 Å². The van der Waals surface area contributed by atoms with Gasteiger partial charge in [0.15, 0.2) is 0 Å². The van der Waals surface area contributed by atoms with Crippen molar-refractivity contribution < 1.29 is 13.3 Å². The summed E-state index contributed by atoms with van der Waals surface area (Å²) < 4.78 is 25.7. The molecular formula is C15H24N4O4S. The van der Waals surface area contributed by atoms with E-state index in [4.69, 9.17) is 0 Å². The molecule has 0 saturated carbocycles. The lowest BCUT2D eigenvalue weighted by molar-refractivity contribution is -0.384. The first-order valence-corrected chi connectivity index (χ1v) is 9.50. The maximum Gasteiger partial charge on any atom is 0.293 e. The van der Waals surface area contributed by atoms with E-state index in [1.807, 2.05) is 0 Å². The monoisotopic (exact) mass is 356 g/mol. The highest BCUT2D eigenvalue weighted by atomic mass is 32.2. The molecule has 1 aromatic carbocycles. The number of nitro benzene ring substituents is 1. The van der Waals surface area contributed by atoms with Crippen LogP contribution in [0.15, 0.2) is 23.1 Å². The number of sulfonamides is 1. The second-order valence-electron chi connectivity index (χ2n) is 6.12. The zero-order valence-corrected chi connectivity index (χ0v) is 14.8. The predicted molar refractivity (Wildman–Crippen MR) is 92.7 cm³/mol. The third kappa shape index (κ3) is 4.65. The van der Waals surface area contributed by atoms with Crippen LogP contribution in [0.2, 0.25) is 0 Å². The van der Waals surface area contributed by atoms with Crippen LogP contribution in [0, 0.1) is 16.0 Å². The number of nitro groups is 1. The number of nitrogens with zero attached hydrogens (tertiary/aromatic N) is 2. The summed E-state index contributed by atoms with van der Waals surface area (Å²) in [7, 11) is -2.43. The summed E-state index contributed by atoms with van der Waals surface area (Å²) >= 11 is 0. The van der Waals surface area contributed by atoms with E-state index in [0.717, 1.165) is 25.7 Å². The molecule has 24 heavy (non-hydrogen) atoms. The molecule has 0 spiro atoms. The minimum absolute atomic E-state index is 0.118. The van der Waals surface area contributed by atoms with Gasteiger partial charge in [0, 0.05) is 25.7 Å². The molecule has 1 fully saturated rings. The molecule has 0 amide bonds. The van der Waals surface area contributed by atoms with Gasteiger partial charge in [0.25, 0.3) is 5.69 Å². The largest absolute Gasteiger partial charge is 0.378 e. The van der Waals surface area contributed by atoms with Gasteiger partial charge in [-0.1, -0.05) is 6.92 Å². The number of anilines is 1. The van der Waals surface area contributed by atoms with Crippen molar-refractivity contribution in [3.8, 4) is 0 Å². The fourth-order valence-corrected chi connectivity index (χ4v) is 3.69. The van der Waals surface area contributed by atoms with E-state index in [0.29, 0.717) is 18.2 Å². The van der Waals surface area contributed by atoms with Crippen molar-refractivity contribution in [3.05, 3.63) is 28.3 Å². The molecule has 1 heterocycles. The van der Waals surface area contributed by atoms with Gasteiger partial charge in [-0.2, -0.15) is 0 Å². The SMILES string of the molecule is CNS(=O)(=O)c1ccc(NCCN2CCC[C@@H](C)C2)c([N+](=O)[O-])c1. The van der Waals surface area contributed by atoms with Gasteiger partial charge in [-0.3, -0.25) is 10.1 Å². The van der Waals surface area contributed by atoms with Crippen LogP contribution >= 0.6 is 0 Å². The summed E-state index contributed by atoms with van der Waals surface area (Å²) in [6.07, 6.45) is 2.43. The van der Waals surface area contributed by atoms with Gasteiger partial charge in [-0.25, -0.2) is 13.1 Å². The molecule has 8 nitrogen and oxygen atoms in total. The van der Waals surface area contributed by atoms with E-state index in [-0.39, 0.29) is 10.6 Å². The van der Waals surface area contributed by atoms with Gasteiger partial charge in [0.2, 0.25) is 10.0 Å². The Labute approximate surface area is 142 Å². The van der Waals surface area contributed by atoms with Crippen LogP contribution in [0.25, 0.3) is 0 Å². The predicted octanol–water partition coefficient (Wildman–Crippen LogP) is 1.65. The number of likely N-dealkylation sites (tertiary alicyclic amines) is 1. The topological polar surface area (TPSA) is 105 Å². The molecule has 0 aliphatic carbocycles. The second-order valence-corrected chi connectivity index (χ2v) is 8.00. The molecule has 1 atom stereocenters. The highest BCUT2D eigenvalue weighted by molar-refractivity contribution is 7.89. The Kier molecular flexibility index (Phi) is 6.14. The fourth-order valence-electron chi connectivity index (χ4n) is 2.94. The first-order chi connectivity index (χ1) is 11.3. The van der Waals surface area contributed by atoms with E-state index >= 15 is 0 Å². The Bertz CT molecular complexity index is 693. The average molecular weight is 356 g/mol. The number of hydrogen-bond acceptors (Lipinski definition) is 6. The quantitative estimate of drug-likeness (QED) is 0.568. The lowest BCUT2D eigenvalue weighted by Gasteiger charge is -2.30. The minimum atomic E-state index is -3.71. The zero-order chi connectivity index (χ0) is 17.7. The Balaban J connectivity index is 2.05. The van der Waals surface area contributed by atoms with Gasteiger partial charge >= 0.3 is 0 Å². The van der Waals surface area contributed by atoms with Crippen LogP contribution in [0.3, 0.4) is 0 Å². The third-order valence-corrected chi connectivity index (χ3v) is 5.64. The summed E-state index contributed by atoms with van der Waals surface area (Å²) in [4.78, 5) is 12.9. The van der Waals surface area contributed by atoms with Crippen molar-refractivity contribution in [2.45, 2.75) is 24.7 Å². The Hall–Kier alpha value is -1.71. The third-order valence-electron chi connectivity index (χ3n) is 4.23. The molecule has 9 heteroatoms. The molecule has 2 rings (SSSR count). The van der Waals surface area contributed by atoms with Crippen molar-refractivity contribution >= 4 is 21.4 Å². The highest BCUT2D eigenvalue weighted by Crippen LogP contribution is 2.27. The van der Waals surface area contributed by atoms with Crippen LogP contribution in [0.4, 0.5) is 11.4 Å². The molecule has 2 N–H and O–H groups in total. The van der Waals surface area contributed by atoms with Crippen molar-refractivity contribution in [3.63, 3.8) is 0 Å². The summed E-state index contributed by atoms with van der Waals surface area (Å²) in [6, 6.07) is 3.89. The van der Waals surface area contributed by atoms with E-state index < -0.39 is 14.9 Å². The molecule has 1 saturated heterocycles. The van der Waals surface area contributed by atoms with Crippen molar-refractivity contribution in [2.24, 2.45) is 5.92 Å². The first-order valence-electron chi connectivity index (χ1n) is 8.01. The van der Waals surface area contributed by atoms with Crippen molar-refractivity contribution in [1.82, 2.24) is 9.62 Å². The van der Waals surface area contributed by atoms with Crippen LogP contribution in [-0.2, 0) is 10.0 Å². The standard InChI is InChI=1S/C15H24N4O4S/c1-12-4-3-8-18(11-12)9-7-17-14-6-5-13(24(22,23)16-2)10-15(14)19(20)21/h5-6,10,12,16-17H,3-4,7-9,11H2,1-2H3/t12-/m1/s1. The summed E-state index contributed by atoms with van der Waals surface area (Å²) in [5, 5.41) is 14.3. The minimum Gasteiger partial charge on any atom is -0.378 e. The van der Waals surface area contributed by atoms with Gasteiger partial charge in [0.1, 0.15) is 5.69 Å². The number of piperidine rings is 1. The second kappa shape index (κ2) is 7.91. The van der Waals surface area contributed by atoms with Crippen molar-refractivity contribution in [1.29, 1.82) is 0 Å². The maximum atomic E-state index is 11.8. The zero-order valence-electron chi connectivity index (χ0n) is 14.0. The maximum absolute atomic E-state index is 11.8. The summed E-state index contributed by atoms with van der Waals surface area (Å²) in [5.41, 5.74) is 0.0958. The average Bonchev–Trinajstić information content (AvgIpc) is 2.55. The van der Waals surface area contributed by atoms with E-state index in [1.165, 1.54) is 32.0 Å². The summed E-state index contributed by atoms with van der Waals surface area (Å²) in [5.74, 6) is 0.680. The normalized spacial score (nSPS) is 19.2. The van der Waals surface area contributed by atoms with Crippen LogP contribution in [0.5, 0.6) is 0 Å². The van der Waals surface area contributed by atoms with Gasteiger partial charge in [0.05, 0.1) is 9.82 Å². The van der Waals surface area contributed by atoms with Crippen LogP contribution in [0.1, 0.15) is 19.8 Å². The first kappa shape index (κ1) is 18.6. The lowest BCUT2D eigenvalue weighted by atomic mass is 10.0. The number of rotatable bonds is 7. The van der Waals surface area contributed by atoms with Crippen molar-refractivity contribution in [2.75, 3.05) is 38.5 Å². The smallest absolute Gasteiger partial charge is 0.293 e.